The molecule has 0 aromatic heterocycles. The minimum atomic E-state index is -3.68. The molecule has 1 rings (SSSR count). The van der Waals surface area contributed by atoms with Gasteiger partial charge < -0.3 is 60.5 Å². The molecule has 10 N–H and O–H groups in total. The molecule has 1 aliphatic heterocycles. The molecule has 0 bridgehead atoms. The number of carbonyl (C=O) groups excluding carboxylic acids is 1. The summed E-state index contributed by atoms with van der Waals surface area (Å²) in [6, 6.07) is 0. The van der Waals surface area contributed by atoms with Crippen molar-refractivity contribution in [3.05, 3.63) is 0 Å². The van der Waals surface area contributed by atoms with E-state index in [2.05, 4.69) is 0 Å². The Morgan fingerprint density at radius 3 is 2.04 bits per heavy atom. The van der Waals surface area contributed by atoms with E-state index in [0.29, 0.717) is 0 Å². The number of aliphatic hydroxyl groups is 9. The molecule has 0 amide bonds. The summed E-state index contributed by atoms with van der Waals surface area (Å²) in [6.07, 6.45) is -16.5. The lowest BCUT2D eigenvalue weighted by Crippen LogP contribution is -2.66. The third-order valence-electron chi connectivity index (χ3n) is 4.34. The first-order valence-electron chi connectivity index (χ1n) is 8.00. The Hall–Kier alpha value is -1.30. The van der Waals surface area contributed by atoms with Crippen LogP contribution in [0.1, 0.15) is 0 Å². The van der Waals surface area contributed by atoms with Crippen LogP contribution in [0.15, 0.2) is 0 Å². The summed E-state index contributed by atoms with van der Waals surface area (Å²) >= 11 is 0. The van der Waals surface area contributed by atoms with Gasteiger partial charge in [-0.2, -0.15) is 0 Å². The number of aliphatic carboxylic acids is 1. The van der Waals surface area contributed by atoms with Gasteiger partial charge in [0.05, 0.1) is 13.2 Å². The number of aliphatic hydroxyl groups excluding tert-OH is 8. The molecule has 0 radical (unpaired) electrons. The van der Waals surface area contributed by atoms with Crippen molar-refractivity contribution in [3.8, 4) is 0 Å². The summed E-state index contributed by atoms with van der Waals surface area (Å²) in [5, 5.41) is 95.6. The molecule has 14 heteroatoms. The van der Waals surface area contributed by atoms with E-state index in [1.54, 1.807) is 0 Å². The Kier molecular flexibility index (Phi) is 8.79. The first-order valence-corrected chi connectivity index (χ1v) is 8.00. The maximum atomic E-state index is 11.7. The molecule has 28 heavy (non-hydrogen) atoms. The van der Waals surface area contributed by atoms with Crippen LogP contribution < -0.4 is 0 Å². The highest BCUT2D eigenvalue weighted by atomic mass is 16.7. The molecule has 1 heterocycles. The highest BCUT2D eigenvalue weighted by Gasteiger charge is 2.56. The van der Waals surface area contributed by atoms with Crippen molar-refractivity contribution in [2.75, 3.05) is 19.8 Å². The number of carboxylic acid groups (broad SMARTS) is 1. The fourth-order valence-electron chi connectivity index (χ4n) is 2.58. The number of hydrogen-bond acceptors (Lipinski definition) is 13. The number of carbonyl (C=O) groups is 2. The van der Waals surface area contributed by atoms with Gasteiger partial charge in [-0.15, -0.1) is 0 Å². The van der Waals surface area contributed by atoms with Crippen LogP contribution in [0.2, 0.25) is 0 Å². The number of hydrogen-bond donors (Lipinski definition) is 10. The van der Waals surface area contributed by atoms with Crippen LogP contribution in [0.3, 0.4) is 0 Å². The van der Waals surface area contributed by atoms with Crippen LogP contribution in [0, 0.1) is 0 Å². The van der Waals surface area contributed by atoms with Gasteiger partial charge in [0.2, 0.25) is 5.78 Å². The molecular formula is C14H24O14. The van der Waals surface area contributed by atoms with Crippen LogP contribution in [0.4, 0.5) is 0 Å². The van der Waals surface area contributed by atoms with Crippen LogP contribution in [-0.2, 0) is 19.1 Å². The predicted octanol–water partition coefficient (Wildman–Crippen LogP) is -6.74. The zero-order valence-electron chi connectivity index (χ0n) is 14.3. The van der Waals surface area contributed by atoms with Gasteiger partial charge in [0.25, 0.3) is 5.60 Å². The normalized spacial score (nSPS) is 33.5. The topological polar surface area (TPSA) is 255 Å². The largest absolute Gasteiger partial charge is 0.479 e. The summed E-state index contributed by atoms with van der Waals surface area (Å²) in [4.78, 5) is 23.0. The highest BCUT2D eigenvalue weighted by Crippen LogP contribution is 2.27. The second-order valence-corrected chi connectivity index (χ2v) is 6.15. The molecule has 4 unspecified atom stereocenters. The van der Waals surface area contributed by atoms with Gasteiger partial charge in [-0.1, -0.05) is 0 Å². The van der Waals surface area contributed by atoms with E-state index >= 15 is 0 Å². The number of ether oxygens (including phenoxy) is 2. The fourth-order valence-corrected chi connectivity index (χ4v) is 2.58. The van der Waals surface area contributed by atoms with Crippen molar-refractivity contribution < 1.29 is 70.1 Å². The monoisotopic (exact) mass is 416 g/mol. The van der Waals surface area contributed by atoms with Crippen molar-refractivity contribution >= 4 is 11.8 Å². The standard InChI is InChI=1S/C14H24O14/c15-1-4(18)10(11(23)14(26,13(24)25)6(19)3-17)28-12-9(22)8(21)7(20)5(2-16)27-12/h4-5,7-12,15-18,20-23,26H,1-3H2,(H,24,25)/t4?,5-,7+,8+,9-,10?,11?,12+,14?/m1/s1. The number of ketones is 1. The van der Waals surface area contributed by atoms with Crippen molar-refractivity contribution in [1.82, 2.24) is 0 Å². The second kappa shape index (κ2) is 9.95. The van der Waals surface area contributed by atoms with Gasteiger partial charge in [0.1, 0.15) is 49.3 Å². The molecule has 14 nitrogen and oxygen atoms in total. The maximum Gasteiger partial charge on any atom is 0.346 e. The Morgan fingerprint density at radius 2 is 1.61 bits per heavy atom. The average molecular weight is 416 g/mol. The van der Waals surface area contributed by atoms with E-state index in [-0.39, 0.29) is 0 Å². The second-order valence-electron chi connectivity index (χ2n) is 6.15. The van der Waals surface area contributed by atoms with E-state index in [4.69, 9.17) is 29.9 Å². The highest BCUT2D eigenvalue weighted by molar-refractivity contribution is 6.07. The van der Waals surface area contributed by atoms with Gasteiger partial charge in [0.15, 0.2) is 6.29 Å². The zero-order valence-corrected chi connectivity index (χ0v) is 14.3. The van der Waals surface area contributed by atoms with Gasteiger partial charge in [-0.25, -0.2) is 4.79 Å². The van der Waals surface area contributed by atoms with E-state index < -0.39 is 86.2 Å². The molecule has 1 saturated heterocycles. The smallest absolute Gasteiger partial charge is 0.346 e. The molecular weight excluding hydrogens is 392 g/mol. The van der Waals surface area contributed by atoms with Crippen LogP contribution in [-0.4, -0.2) is 137 Å². The number of Topliss-reactive ketones (excluding diaryl/α,β-unsaturated/α-hetero) is 1. The Bertz CT molecular complexity index is 540. The molecule has 0 aliphatic carbocycles. The van der Waals surface area contributed by atoms with Crippen LogP contribution >= 0.6 is 0 Å². The molecule has 1 aliphatic rings. The molecule has 0 aromatic carbocycles. The summed E-state index contributed by atoms with van der Waals surface area (Å²) in [7, 11) is 0. The van der Waals surface area contributed by atoms with Crippen LogP contribution in [0.25, 0.3) is 0 Å². The van der Waals surface area contributed by atoms with E-state index in [9.17, 15) is 40.2 Å². The average Bonchev–Trinajstić information content (AvgIpc) is 2.68. The first kappa shape index (κ1) is 24.7. The third kappa shape index (κ3) is 4.64. The summed E-state index contributed by atoms with van der Waals surface area (Å²) in [5.41, 5.74) is -3.68. The van der Waals surface area contributed by atoms with Gasteiger partial charge in [-0.3, -0.25) is 4.79 Å². The van der Waals surface area contributed by atoms with E-state index in [0.717, 1.165) is 0 Å². The number of carboxylic acids is 1. The van der Waals surface area contributed by atoms with E-state index in [1.807, 2.05) is 0 Å². The maximum absolute atomic E-state index is 11.7. The summed E-state index contributed by atoms with van der Waals surface area (Å²) in [6.45, 7) is -3.55. The lowest BCUT2D eigenvalue weighted by Gasteiger charge is -2.43. The summed E-state index contributed by atoms with van der Waals surface area (Å²) in [5.74, 6) is -4.09. The molecule has 0 spiro atoms. The molecule has 0 saturated carbocycles. The van der Waals surface area contributed by atoms with Gasteiger partial charge in [-0.05, 0) is 0 Å². The first-order chi connectivity index (χ1) is 13.0. The van der Waals surface area contributed by atoms with Crippen LogP contribution in [0.5, 0.6) is 0 Å². The van der Waals surface area contributed by atoms with Crippen molar-refractivity contribution in [2.24, 2.45) is 0 Å². The Morgan fingerprint density at radius 1 is 1.04 bits per heavy atom. The Balaban J connectivity index is 3.21. The van der Waals surface area contributed by atoms with Gasteiger partial charge >= 0.3 is 5.97 Å². The van der Waals surface area contributed by atoms with E-state index in [1.165, 1.54) is 0 Å². The zero-order chi connectivity index (χ0) is 21.8. The summed E-state index contributed by atoms with van der Waals surface area (Å²) < 4.78 is 9.95. The molecule has 1 fully saturated rings. The number of rotatable bonds is 10. The van der Waals surface area contributed by atoms with Crippen molar-refractivity contribution in [3.63, 3.8) is 0 Å². The SMILES string of the molecule is O=C(O)C(O)(C(=O)CO)C(O)C(O[C@@H]1O[C@H](CO)[C@H](O)[C@H](O)[C@H]1O)C(O)CO. The quantitative estimate of drug-likeness (QED) is 0.149. The molecule has 0 aromatic rings. The third-order valence-corrected chi connectivity index (χ3v) is 4.34. The minimum Gasteiger partial charge on any atom is -0.479 e. The van der Waals surface area contributed by atoms with Crippen molar-refractivity contribution in [2.45, 2.75) is 54.6 Å². The van der Waals surface area contributed by atoms with Crippen molar-refractivity contribution in [1.29, 1.82) is 0 Å². The molecule has 9 atom stereocenters. The predicted molar refractivity (Wildman–Crippen MR) is 82.4 cm³/mol. The molecule has 164 valence electrons. The minimum absolute atomic E-state index is 0.858. The lowest BCUT2D eigenvalue weighted by atomic mass is 9.86. The Labute approximate surface area is 157 Å². The van der Waals surface area contributed by atoms with Gasteiger partial charge in [0, 0.05) is 0 Å². The fraction of sp³-hybridized carbons (Fsp3) is 0.857. The lowest BCUT2D eigenvalue weighted by molar-refractivity contribution is -0.328.